The molecule has 1 rings (SSSR count). The fourth-order valence-electron chi connectivity index (χ4n) is 0.956. The molecule has 0 aromatic heterocycles. The fourth-order valence-corrected chi connectivity index (χ4v) is 1.33. The lowest BCUT2D eigenvalue weighted by Crippen LogP contribution is -2.36. The Morgan fingerprint density at radius 3 is 2.71 bits per heavy atom. The maximum atomic E-state index is 11.8. The summed E-state index contributed by atoms with van der Waals surface area (Å²) < 4.78 is 41.1. The fraction of sp³-hybridized carbons (Fsp3) is 0.300. The summed E-state index contributed by atoms with van der Waals surface area (Å²) in [5.74, 6) is -0.413. The molecule has 1 amide bonds. The molecule has 0 saturated carbocycles. The van der Waals surface area contributed by atoms with Crippen molar-refractivity contribution >= 4 is 21.8 Å². The lowest BCUT2D eigenvalue weighted by Gasteiger charge is -2.09. The molecule has 3 nitrogen and oxygen atoms in total. The highest BCUT2D eigenvalue weighted by atomic mass is 79.9. The van der Waals surface area contributed by atoms with E-state index in [-0.39, 0.29) is 0 Å². The van der Waals surface area contributed by atoms with E-state index in [0.717, 1.165) is 4.47 Å². The SMILES string of the molecule is O=C(COc1cccc(Br)c1)NCC(F)(F)F. The highest BCUT2D eigenvalue weighted by Crippen LogP contribution is 2.17. The first kappa shape index (κ1) is 13.8. The number of carbonyl (C=O) groups is 1. The standard InChI is InChI=1S/C10H9BrF3NO2/c11-7-2-1-3-8(4-7)17-5-9(16)15-6-10(12,13)14/h1-4H,5-6H2,(H,15,16). The van der Waals surface area contributed by atoms with Crippen LogP contribution in [0, 0.1) is 0 Å². The molecule has 0 fully saturated rings. The number of ether oxygens (including phenoxy) is 1. The van der Waals surface area contributed by atoms with Gasteiger partial charge < -0.3 is 10.1 Å². The highest BCUT2D eigenvalue weighted by Gasteiger charge is 2.27. The van der Waals surface area contributed by atoms with Crippen LogP contribution in [0.5, 0.6) is 5.75 Å². The Bertz CT molecular complexity index is 395. The average molecular weight is 312 g/mol. The first-order valence-corrected chi connectivity index (χ1v) is 5.38. The van der Waals surface area contributed by atoms with Crippen molar-refractivity contribution in [3.05, 3.63) is 28.7 Å². The van der Waals surface area contributed by atoms with Gasteiger partial charge in [-0.05, 0) is 18.2 Å². The molecule has 0 aliphatic heterocycles. The lowest BCUT2D eigenvalue weighted by molar-refractivity contribution is -0.139. The molecule has 1 aromatic rings. The van der Waals surface area contributed by atoms with Gasteiger partial charge in [-0.25, -0.2) is 0 Å². The smallest absolute Gasteiger partial charge is 0.405 e. The van der Waals surface area contributed by atoms with E-state index >= 15 is 0 Å². The van der Waals surface area contributed by atoms with Gasteiger partial charge in [0.05, 0.1) is 0 Å². The van der Waals surface area contributed by atoms with Crippen LogP contribution in [0.1, 0.15) is 0 Å². The molecule has 1 N–H and O–H groups in total. The van der Waals surface area contributed by atoms with Crippen LogP contribution in [-0.4, -0.2) is 25.2 Å². The number of hydrogen-bond acceptors (Lipinski definition) is 2. The minimum Gasteiger partial charge on any atom is -0.484 e. The van der Waals surface area contributed by atoms with Crippen molar-refractivity contribution in [1.29, 1.82) is 0 Å². The summed E-state index contributed by atoms with van der Waals surface area (Å²) in [5.41, 5.74) is 0. The second-order valence-electron chi connectivity index (χ2n) is 3.14. The number of benzene rings is 1. The molecular formula is C10H9BrF3NO2. The third kappa shape index (κ3) is 6.15. The average Bonchev–Trinajstić information content (AvgIpc) is 2.23. The molecule has 0 atom stereocenters. The van der Waals surface area contributed by atoms with E-state index < -0.39 is 25.2 Å². The van der Waals surface area contributed by atoms with Crippen LogP contribution in [0.15, 0.2) is 28.7 Å². The number of rotatable bonds is 4. The topological polar surface area (TPSA) is 38.3 Å². The number of amides is 1. The first-order valence-electron chi connectivity index (χ1n) is 4.58. The van der Waals surface area contributed by atoms with Crippen LogP contribution in [0.25, 0.3) is 0 Å². The molecule has 0 aliphatic carbocycles. The van der Waals surface area contributed by atoms with Crippen molar-refractivity contribution in [2.24, 2.45) is 0 Å². The molecule has 7 heteroatoms. The number of alkyl halides is 3. The summed E-state index contributed by atoms with van der Waals surface area (Å²) in [7, 11) is 0. The Morgan fingerprint density at radius 2 is 2.12 bits per heavy atom. The largest absolute Gasteiger partial charge is 0.484 e. The molecule has 1 aromatic carbocycles. The molecule has 0 unspecified atom stereocenters. The Morgan fingerprint density at radius 1 is 1.41 bits per heavy atom. The van der Waals surface area contributed by atoms with Gasteiger partial charge in [0.1, 0.15) is 12.3 Å². The van der Waals surface area contributed by atoms with Crippen molar-refractivity contribution in [3.63, 3.8) is 0 Å². The summed E-state index contributed by atoms with van der Waals surface area (Å²) in [5, 5.41) is 1.71. The monoisotopic (exact) mass is 311 g/mol. The van der Waals surface area contributed by atoms with Crippen molar-refractivity contribution in [3.8, 4) is 5.75 Å². The van der Waals surface area contributed by atoms with E-state index in [1.807, 2.05) is 0 Å². The van der Waals surface area contributed by atoms with Crippen molar-refractivity contribution in [2.75, 3.05) is 13.2 Å². The van der Waals surface area contributed by atoms with Gasteiger partial charge in [0, 0.05) is 4.47 Å². The van der Waals surface area contributed by atoms with Crippen LogP contribution < -0.4 is 10.1 Å². The van der Waals surface area contributed by atoms with Gasteiger partial charge in [-0.3, -0.25) is 4.79 Å². The maximum absolute atomic E-state index is 11.8. The van der Waals surface area contributed by atoms with Gasteiger partial charge in [0.15, 0.2) is 6.61 Å². The zero-order valence-electron chi connectivity index (χ0n) is 8.55. The molecule has 17 heavy (non-hydrogen) atoms. The zero-order chi connectivity index (χ0) is 12.9. The third-order valence-electron chi connectivity index (χ3n) is 1.65. The number of nitrogens with one attached hydrogen (secondary N) is 1. The third-order valence-corrected chi connectivity index (χ3v) is 2.15. The number of carbonyl (C=O) groups excluding carboxylic acids is 1. The predicted octanol–water partition coefficient (Wildman–Crippen LogP) is 2.51. The summed E-state index contributed by atoms with van der Waals surface area (Å²) >= 11 is 3.20. The van der Waals surface area contributed by atoms with E-state index in [1.54, 1.807) is 29.6 Å². The van der Waals surface area contributed by atoms with Gasteiger partial charge in [-0.2, -0.15) is 13.2 Å². The normalized spacial score (nSPS) is 11.1. The van der Waals surface area contributed by atoms with E-state index in [9.17, 15) is 18.0 Å². The van der Waals surface area contributed by atoms with E-state index in [1.165, 1.54) is 0 Å². The Hall–Kier alpha value is -1.24. The first-order chi connectivity index (χ1) is 7.87. The van der Waals surface area contributed by atoms with Crippen molar-refractivity contribution < 1.29 is 22.7 Å². The van der Waals surface area contributed by atoms with Gasteiger partial charge in [0.25, 0.3) is 5.91 Å². The van der Waals surface area contributed by atoms with E-state index in [2.05, 4.69) is 15.9 Å². The van der Waals surface area contributed by atoms with Gasteiger partial charge in [-0.1, -0.05) is 22.0 Å². The predicted molar refractivity (Wildman–Crippen MR) is 58.7 cm³/mol. The van der Waals surface area contributed by atoms with Crippen LogP contribution in [-0.2, 0) is 4.79 Å². The van der Waals surface area contributed by atoms with Gasteiger partial charge in [-0.15, -0.1) is 0 Å². The summed E-state index contributed by atoms with van der Waals surface area (Å²) in [6.07, 6.45) is -4.41. The minimum absolute atomic E-state index is 0.404. The summed E-state index contributed by atoms with van der Waals surface area (Å²) in [4.78, 5) is 11.0. The van der Waals surface area contributed by atoms with Gasteiger partial charge >= 0.3 is 6.18 Å². The molecule has 0 bridgehead atoms. The quantitative estimate of drug-likeness (QED) is 0.928. The number of halogens is 4. The number of hydrogen-bond donors (Lipinski definition) is 1. The summed E-state index contributed by atoms with van der Waals surface area (Å²) in [6.45, 7) is -1.81. The van der Waals surface area contributed by atoms with Crippen molar-refractivity contribution in [2.45, 2.75) is 6.18 Å². The minimum atomic E-state index is -4.41. The zero-order valence-corrected chi connectivity index (χ0v) is 10.1. The molecule has 0 spiro atoms. The van der Waals surface area contributed by atoms with Crippen LogP contribution in [0.2, 0.25) is 0 Å². The lowest BCUT2D eigenvalue weighted by atomic mass is 10.3. The molecule has 0 heterocycles. The van der Waals surface area contributed by atoms with E-state index in [0.29, 0.717) is 5.75 Å². The maximum Gasteiger partial charge on any atom is 0.405 e. The summed E-state index contributed by atoms with van der Waals surface area (Å²) in [6, 6.07) is 6.66. The van der Waals surface area contributed by atoms with Crippen LogP contribution in [0.3, 0.4) is 0 Å². The molecule has 0 radical (unpaired) electrons. The second-order valence-corrected chi connectivity index (χ2v) is 4.05. The van der Waals surface area contributed by atoms with Gasteiger partial charge in [0.2, 0.25) is 0 Å². The Balaban J connectivity index is 2.33. The second kappa shape index (κ2) is 5.90. The molecule has 0 saturated heterocycles. The van der Waals surface area contributed by atoms with E-state index in [4.69, 9.17) is 4.74 Å². The van der Waals surface area contributed by atoms with Crippen LogP contribution in [0.4, 0.5) is 13.2 Å². The van der Waals surface area contributed by atoms with Crippen molar-refractivity contribution in [1.82, 2.24) is 5.32 Å². The highest BCUT2D eigenvalue weighted by molar-refractivity contribution is 9.10. The molecule has 94 valence electrons. The Kier molecular flexibility index (Phi) is 4.80. The molecule has 0 aliphatic rings. The van der Waals surface area contributed by atoms with Crippen LogP contribution >= 0.6 is 15.9 Å². The Labute approximate surface area is 104 Å². The molecular weight excluding hydrogens is 303 g/mol.